The van der Waals surface area contributed by atoms with Crippen molar-refractivity contribution in [1.29, 1.82) is 0 Å². The molecule has 1 unspecified atom stereocenters. The van der Waals surface area contributed by atoms with Crippen molar-refractivity contribution >= 4 is 17.5 Å². The summed E-state index contributed by atoms with van der Waals surface area (Å²) in [5.41, 5.74) is 6.21. The van der Waals surface area contributed by atoms with Crippen LogP contribution in [-0.4, -0.2) is 49.1 Å². The smallest absolute Gasteiger partial charge is 0.265 e. The van der Waals surface area contributed by atoms with Crippen molar-refractivity contribution < 1.29 is 9.63 Å². The van der Waals surface area contributed by atoms with Gasteiger partial charge in [-0.3, -0.25) is 9.69 Å². The maximum Gasteiger partial charge on any atom is 0.265 e. The van der Waals surface area contributed by atoms with E-state index >= 15 is 0 Å². The van der Waals surface area contributed by atoms with Crippen molar-refractivity contribution in [1.82, 2.24) is 4.90 Å². The van der Waals surface area contributed by atoms with Gasteiger partial charge in [0, 0.05) is 13.0 Å². The van der Waals surface area contributed by atoms with E-state index in [1.807, 2.05) is 11.9 Å². The standard InChI is InChI=1S/C9H16N4O2/c1-6(10)11-9(14)8-4-7(12-15-3)5-13(8)2/h8H,4-5H2,1-3H3,(H2,10,11,14). The third-order valence-electron chi connectivity index (χ3n) is 2.18. The second kappa shape index (κ2) is 4.88. The SMILES string of the molecule is CON=C1CC(C(=O)N=C(C)N)N(C)C1. The Kier molecular flexibility index (Phi) is 3.79. The molecule has 1 rings (SSSR count). The monoisotopic (exact) mass is 212 g/mol. The number of rotatable bonds is 2. The van der Waals surface area contributed by atoms with E-state index < -0.39 is 0 Å². The molecule has 1 atom stereocenters. The van der Waals surface area contributed by atoms with Crippen molar-refractivity contribution in [3.05, 3.63) is 0 Å². The van der Waals surface area contributed by atoms with Crippen LogP contribution >= 0.6 is 0 Å². The summed E-state index contributed by atoms with van der Waals surface area (Å²) in [5.74, 6) is 0.0596. The van der Waals surface area contributed by atoms with Gasteiger partial charge in [0.05, 0.1) is 17.6 Å². The van der Waals surface area contributed by atoms with Gasteiger partial charge in [-0.15, -0.1) is 0 Å². The minimum atomic E-state index is -0.266. The van der Waals surface area contributed by atoms with E-state index in [1.54, 1.807) is 6.92 Å². The Balaban J connectivity index is 2.69. The number of nitrogens with zero attached hydrogens (tertiary/aromatic N) is 3. The van der Waals surface area contributed by atoms with Crippen molar-refractivity contribution in [2.45, 2.75) is 19.4 Å². The third kappa shape index (κ3) is 3.02. The van der Waals surface area contributed by atoms with Crippen LogP contribution in [0.1, 0.15) is 13.3 Å². The normalized spacial score (nSPS) is 25.9. The van der Waals surface area contributed by atoms with Crippen LogP contribution in [0.25, 0.3) is 0 Å². The predicted molar refractivity (Wildman–Crippen MR) is 57.8 cm³/mol. The first-order chi connectivity index (χ1) is 7.04. The molecule has 0 saturated carbocycles. The molecule has 6 heteroatoms. The Bertz CT molecular complexity index is 307. The molecule has 0 spiro atoms. The topological polar surface area (TPSA) is 80.3 Å². The molecule has 1 aliphatic rings. The lowest BCUT2D eigenvalue weighted by Gasteiger charge is -2.14. The maximum absolute atomic E-state index is 11.6. The molecule has 1 fully saturated rings. The summed E-state index contributed by atoms with van der Waals surface area (Å²) in [6.07, 6.45) is 0.556. The first-order valence-electron chi connectivity index (χ1n) is 4.68. The highest BCUT2D eigenvalue weighted by Gasteiger charge is 2.32. The lowest BCUT2D eigenvalue weighted by Crippen LogP contribution is -2.32. The van der Waals surface area contributed by atoms with Crippen LogP contribution in [-0.2, 0) is 9.63 Å². The molecule has 1 aliphatic heterocycles. The molecular weight excluding hydrogens is 196 g/mol. The first kappa shape index (κ1) is 11.6. The Morgan fingerprint density at radius 2 is 2.33 bits per heavy atom. The number of likely N-dealkylation sites (tertiary alicyclic amines) is 1. The minimum absolute atomic E-state index is 0.223. The van der Waals surface area contributed by atoms with Gasteiger partial charge in [0.15, 0.2) is 0 Å². The molecule has 0 aromatic rings. The number of hydrogen-bond acceptors (Lipinski definition) is 4. The van der Waals surface area contributed by atoms with Crippen LogP contribution in [0.15, 0.2) is 10.1 Å². The number of aliphatic imine (C=N–C) groups is 1. The number of hydrogen-bond donors (Lipinski definition) is 1. The summed E-state index contributed by atoms with van der Waals surface area (Å²) in [6, 6.07) is -0.266. The Labute approximate surface area is 88.8 Å². The van der Waals surface area contributed by atoms with Crippen LogP contribution in [0.3, 0.4) is 0 Å². The molecule has 0 aromatic heterocycles. The summed E-state index contributed by atoms with van der Waals surface area (Å²) >= 11 is 0. The van der Waals surface area contributed by atoms with E-state index in [4.69, 9.17) is 5.73 Å². The van der Waals surface area contributed by atoms with Gasteiger partial charge >= 0.3 is 0 Å². The van der Waals surface area contributed by atoms with E-state index in [1.165, 1.54) is 7.11 Å². The lowest BCUT2D eigenvalue weighted by molar-refractivity contribution is -0.121. The zero-order chi connectivity index (χ0) is 11.4. The van der Waals surface area contributed by atoms with Crippen LogP contribution < -0.4 is 5.73 Å². The molecule has 0 aliphatic carbocycles. The number of amidine groups is 1. The Morgan fingerprint density at radius 3 is 2.87 bits per heavy atom. The van der Waals surface area contributed by atoms with E-state index in [0.29, 0.717) is 13.0 Å². The molecule has 84 valence electrons. The summed E-state index contributed by atoms with van der Waals surface area (Å²) in [6.45, 7) is 2.22. The number of oxime groups is 1. The van der Waals surface area contributed by atoms with Crippen molar-refractivity contribution in [2.24, 2.45) is 15.9 Å². The molecule has 0 radical (unpaired) electrons. The minimum Gasteiger partial charge on any atom is -0.399 e. The fourth-order valence-corrected chi connectivity index (χ4v) is 1.56. The molecule has 15 heavy (non-hydrogen) atoms. The average molecular weight is 212 g/mol. The molecule has 1 heterocycles. The first-order valence-corrected chi connectivity index (χ1v) is 4.68. The van der Waals surface area contributed by atoms with Crippen molar-refractivity contribution in [3.63, 3.8) is 0 Å². The Morgan fingerprint density at radius 1 is 1.67 bits per heavy atom. The summed E-state index contributed by atoms with van der Waals surface area (Å²) in [7, 11) is 3.34. The van der Waals surface area contributed by atoms with E-state index in [2.05, 4.69) is 15.0 Å². The molecule has 0 bridgehead atoms. The fraction of sp³-hybridized carbons (Fsp3) is 0.667. The van der Waals surface area contributed by atoms with Crippen LogP contribution in [0, 0.1) is 0 Å². The van der Waals surface area contributed by atoms with E-state index in [0.717, 1.165) is 5.71 Å². The van der Waals surface area contributed by atoms with Gasteiger partial charge in [-0.1, -0.05) is 5.16 Å². The maximum atomic E-state index is 11.6. The molecule has 2 N–H and O–H groups in total. The second-order valence-corrected chi connectivity index (χ2v) is 3.57. The van der Waals surface area contributed by atoms with Gasteiger partial charge in [0.1, 0.15) is 7.11 Å². The highest BCUT2D eigenvalue weighted by atomic mass is 16.6. The van der Waals surface area contributed by atoms with Gasteiger partial charge in [-0.25, -0.2) is 0 Å². The predicted octanol–water partition coefficient (Wildman–Crippen LogP) is -0.403. The van der Waals surface area contributed by atoms with Crippen LogP contribution in [0.4, 0.5) is 0 Å². The van der Waals surface area contributed by atoms with Crippen molar-refractivity contribution in [2.75, 3.05) is 20.7 Å². The highest BCUT2D eigenvalue weighted by molar-refractivity contribution is 6.00. The number of nitrogens with two attached hydrogens (primary N) is 1. The summed E-state index contributed by atoms with van der Waals surface area (Å²) in [5, 5.41) is 3.83. The van der Waals surface area contributed by atoms with Gasteiger partial charge in [-0.05, 0) is 14.0 Å². The Hall–Kier alpha value is -1.43. The zero-order valence-corrected chi connectivity index (χ0v) is 9.23. The number of amides is 1. The van der Waals surface area contributed by atoms with Gasteiger partial charge in [0.25, 0.3) is 5.91 Å². The molecule has 6 nitrogen and oxygen atoms in total. The number of carbonyl (C=O) groups is 1. The summed E-state index contributed by atoms with van der Waals surface area (Å²) < 4.78 is 0. The number of likely N-dealkylation sites (N-methyl/N-ethyl adjacent to an activating group) is 1. The van der Waals surface area contributed by atoms with Crippen molar-refractivity contribution in [3.8, 4) is 0 Å². The summed E-state index contributed by atoms with van der Waals surface area (Å²) in [4.78, 5) is 21.9. The zero-order valence-electron chi connectivity index (χ0n) is 9.23. The lowest BCUT2D eigenvalue weighted by atomic mass is 10.2. The van der Waals surface area contributed by atoms with Crippen LogP contribution in [0.5, 0.6) is 0 Å². The molecule has 1 saturated heterocycles. The second-order valence-electron chi connectivity index (χ2n) is 3.57. The molecule has 1 amide bonds. The molecule has 0 aromatic carbocycles. The van der Waals surface area contributed by atoms with Gasteiger partial charge in [0.2, 0.25) is 0 Å². The largest absolute Gasteiger partial charge is 0.399 e. The average Bonchev–Trinajstić information content (AvgIpc) is 2.46. The highest BCUT2D eigenvalue weighted by Crippen LogP contribution is 2.14. The van der Waals surface area contributed by atoms with Gasteiger partial charge < -0.3 is 10.6 Å². The van der Waals surface area contributed by atoms with Gasteiger partial charge in [-0.2, -0.15) is 4.99 Å². The number of carbonyl (C=O) groups excluding carboxylic acids is 1. The van der Waals surface area contributed by atoms with E-state index in [9.17, 15) is 4.79 Å². The quantitative estimate of drug-likeness (QED) is 0.383. The van der Waals surface area contributed by atoms with E-state index in [-0.39, 0.29) is 17.8 Å². The molecular formula is C9H16N4O2. The fourth-order valence-electron chi connectivity index (χ4n) is 1.56. The van der Waals surface area contributed by atoms with Crippen LogP contribution in [0.2, 0.25) is 0 Å². The third-order valence-corrected chi connectivity index (χ3v) is 2.18.